The Labute approximate surface area is 154 Å². The Hall–Kier alpha value is -2.61. The van der Waals surface area contributed by atoms with Crippen molar-refractivity contribution in [2.75, 3.05) is 31.1 Å². The number of carbonyl (C=O) groups is 1. The van der Waals surface area contributed by atoms with Gasteiger partial charge in [-0.1, -0.05) is 18.6 Å². The normalized spacial score (nSPS) is 18.3. The third kappa shape index (κ3) is 3.12. The van der Waals surface area contributed by atoms with Crippen molar-refractivity contribution in [2.45, 2.75) is 32.6 Å². The summed E-state index contributed by atoms with van der Waals surface area (Å²) in [7, 11) is 0. The first-order chi connectivity index (χ1) is 12.7. The summed E-state index contributed by atoms with van der Waals surface area (Å²) in [6.07, 6.45) is 4.22. The number of hydrogen-bond acceptors (Lipinski definition) is 3. The van der Waals surface area contributed by atoms with Crippen molar-refractivity contribution in [3.63, 3.8) is 0 Å². The molecular weight excluding hydrogens is 324 g/mol. The zero-order valence-electron chi connectivity index (χ0n) is 15.3. The Morgan fingerprint density at radius 2 is 2.00 bits per heavy atom. The molecule has 0 spiro atoms. The number of nitrogens with one attached hydrogen (secondary N) is 1. The van der Waals surface area contributed by atoms with Crippen LogP contribution in [0.15, 0.2) is 24.3 Å². The summed E-state index contributed by atoms with van der Waals surface area (Å²) < 4.78 is 0. The van der Waals surface area contributed by atoms with Crippen LogP contribution in [-0.2, 0) is 4.79 Å². The highest BCUT2D eigenvalue weighted by molar-refractivity contribution is 5.80. The minimum absolute atomic E-state index is 0.256. The van der Waals surface area contributed by atoms with E-state index < -0.39 is 0 Å². The van der Waals surface area contributed by atoms with Crippen molar-refractivity contribution in [1.29, 1.82) is 5.26 Å². The van der Waals surface area contributed by atoms with Crippen LogP contribution in [0.1, 0.15) is 36.8 Å². The first-order valence-electron chi connectivity index (χ1n) is 9.56. The third-order valence-electron chi connectivity index (χ3n) is 5.72. The molecule has 2 heterocycles. The zero-order valence-corrected chi connectivity index (χ0v) is 15.3. The van der Waals surface area contributed by atoms with Gasteiger partial charge in [0.15, 0.2) is 0 Å². The molecule has 1 saturated carbocycles. The Morgan fingerprint density at radius 1 is 1.15 bits per heavy atom. The van der Waals surface area contributed by atoms with Crippen LogP contribution in [0.2, 0.25) is 0 Å². The molecule has 0 unspecified atom stereocenters. The van der Waals surface area contributed by atoms with Crippen LogP contribution in [0.3, 0.4) is 0 Å². The summed E-state index contributed by atoms with van der Waals surface area (Å²) >= 11 is 0. The standard InChI is InChI=1S/C21H24N4O/c1-15-6-7-17-13-18(14-22)20(23-19(17)12-15)24-8-3-9-25(11-10-24)21(26)16-4-2-5-16/h6-7,12-13,16H,2-5,8-11H2,1H3/p+1. The van der Waals surface area contributed by atoms with Crippen molar-refractivity contribution < 1.29 is 9.78 Å². The SMILES string of the molecule is Cc1ccc2cc(C#N)c(N3CCCN(C(=O)C4CCC4)CC3)[nH+]c2c1. The molecule has 4 rings (SSSR count). The molecule has 1 aromatic carbocycles. The lowest BCUT2D eigenvalue weighted by atomic mass is 9.84. The molecule has 0 radical (unpaired) electrons. The van der Waals surface area contributed by atoms with E-state index in [9.17, 15) is 10.1 Å². The molecule has 2 aliphatic rings. The number of aromatic amines is 1. The fourth-order valence-corrected chi connectivity index (χ4v) is 3.93. The maximum atomic E-state index is 12.6. The summed E-state index contributed by atoms with van der Waals surface area (Å²) in [4.78, 5) is 20.3. The summed E-state index contributed by atoms with van der Waals surface area (Å²) in [5.74, 6) is 1.46. The lowest BCUT2D eigenvalue weighted by Crippen LogP contribution is -2.41. The number of nitriles is 1. The topological polar surface area (TPSA) is 61.5 Å². The van der Waals surface area contributed by atoms with E-state index in [0.29, 0.717) is 11.5 Å². The highest BCUT2D eigenvalue weighted by Gasteiger charge is 2.32. The molecule has 2 fully saturated rings. The highest BCUT2D eigenvalue weighted by atomic mass is 16.2. The van der Waals surface area contributed by atoms with Gasteiger partial charge in [-0.25, -0.2) is 4.98 Å². The van der Waals surface area contributed by atoms with E-state index in [4.69, 9.17) is 0 Å². The number of aromatic nitrogens is 1. The Kier molecular flexibility index (Phi) is 4.50. The summed E-state index contributed by atoms with van der Waals surface area (Å²) in [5, 5.41) is 10.7. The van der Waals surface area contributed by atoms with E-state index in [1.165, 1.54) is 12.0 Å². The molecule has 0 bridgehead atoms. The lowest BCUT2D eigenvalue weighted by Gasteiger charge is -2.30. The molecule has 5 heteroatoms. The minimum Gasteiger partial charge on any atom is -0.338 e. The number of benzene rings is 1. The van der Waals surface area contributed by atoms with Crippen LogP contribution in [0.25, 0.3) is 10.9 Å². The fourth-order valence-electron chi connectivity index (χ4n) is 3.93. The van der Waals surface area contributed by atoms with E-state index in [2.05, 4.69) is 35.0 Å². The average molecular weight is 349 g/mol. The maximum Gasteiger partial charge on any atom is 0.293 e. The van der Waals surface area contributed by atoms with Gasteiger partial charge in [0.1, 0.15) is 23.7 Å². The molecule has 2 aromatic rings. The molecule has 1 N–H and O–H groups in total. The second-order valence-corrected chi connectivity index (χ2v) is 7.53. The van der Waals surface area contributed by atoms with Gasteiger partial charge in [0, 0.05) is 24.3 Å². The number of amides is 1. The number of H-pyrrole nitrogens is 1. The fraction of sp³-hybridized carbons (Fsp3) is 0.476. The quantitative estimate of drug-likeness (QED) is 0.837. The molecule has 0 atom stereocenters. The molecular formula is C21H25N4O+. The van der Waals surface area contributed by atoms with E-state index in [-0.39, 0.29) is 5.92 Å². The van der Waals surface area contributed by atoms with Gasteiger partial charge in [0.25, 0.3) is 5.82 Å². The van der Waals surface area contributed by atoms with Crippen LogP contribution in [0.5, 0.6) is 0 Å². The van der Waals surface area contributed by atoms with Gasteiger partial charge in [-0.2, -0.15) is 5.26 Å². The Morgan fingerprint density at radius 3 is 2.73 bits per heavy atom. The zero-order chi connectivity index (χ0) is 18.1. The van der Waals surface area contributed by atoms with Crippen LogP contribution in [-0.4, -0.2) is 37.0 Å². The summed E-state index contributed by atoms with van der Waals surface area (Å²) in [6, 6.07) is 10.5. The molecule has 134 valence electrons. The minimum atomic E-state index is 0.256. The molecule has 1 aliphatic carbocycles. The number of pyridine rings is 1. The second kappa shape index (κ2) is 6.95. The van der Waals surface area contributed by atoms with Gasteiger partial charge < -0.3 is 4.90 Å². The monoisotopic (exact) mass is 349 g/mol. The van der Waals surface area contributed by atoms with Gasteiger partial charge >= 0.3 is 0 Å². The van der Waals surface area contributed by atoms with Crippen molar-refractivity contribution in [3.05, 3.63) is 35.4 Å². The number of carbonyl (C=O) groups excluding carboxylic acids is 1. The second-order valence-electron chi connectivity index (χ2n) is 7.53. The molecule has 1 aromatic heterocycles. The number of rotatable bonds is 2. The van der Waals surface area contributed by atoms with Gasteiger partial charge in [-0.3, -0.25) is 9.69 Å². The van der Waals surface area contributed by atoms with E-state index in [0.717, 1.165) is 62.2 Å². The molecule has 1 aliphatic heterocycles. The summed E-state index contributed by atoms with van der Waals surface area (Å²) in [5.41, 5.74) is 2.91. The van der Waals surface area contributed by atoms with Crippen molar-refractivity contribution >= 4 is 22.6 Å². The van der Waals surface area contributed by atoms with Gasteiger partial charge in [0.2, 0.25) is 5.91 Å². The number of anilines is 1. The number of nitrogens with zero attached hydrogens (tertiary/aromatic N) is 3. The van der Waals surface area contributed by atoms with Crippen LogP contribution in [0, 0.1) is 24.2 Å². The van der Waals surface area contributed by atoms with E-state index >= 15 is 0 Å². The first-order valence-corrected chi connectivity index (χ1v) is 9.56. The maximum absolute atomic E-state index is 12.6. The summed E-state index contributed by atoms with van der Waals surface area (Å²) in [6.45, 7) is 5.25. The third-order valence-corrected chi connectivity index (χ3v) is 5.72. The van der Waals surface area contributed by atoms with Crippen LogP contribution >= 0.6 is 0 Å². The molecule has 1 amide bonds. The van der Waals surface area contributed by atoms with E-state index in [1.54, 1.807) is 0 Å². The first kappa shape index (κ1) is 16.8. The molecule has 1 saturated heterocycles. The van der Waals surface area contributed by atoms with Gasteiger partial charge in [0.05, 0.1) is 13.1 Å². The van der Waals surface area contributed by atoms with Gasteiger partial charge in [-0.15, -0.1) is 0 Å². The van der Waals surface area contributed by atoms with Crippen molar-refractivity contribution in [2.24, 2.45) is 5.92 Å². The Balaban J connectivity index is 1.58. The van der Waals surface area contributed by atoms with E-state index in [1.807, 2.05) is 17.0 Å². The predicted molar refractivity (Wildman–Crippen MR) is 101 cm³/mol. The van der Waals surface area contributed by atoms with Crippen molar-refractivity contribution in [3.8, 4) is 6.07 Å². The number of aryl methyl sites for hydroxylation is 1. The molecule has 26 heavy (non-hydrogen) atoms. The molecule has 5 nitrogen and oxygen atoms in total. The smallest absolute Gasteiger partial charge is 0.293 e. The Bertz CT molecular complexity index is 881. The van der Waals surface area contributed by atoms with Gasteiger partial charge in [-0.05, 0) is 37.5 Å². The number of hydrogen-bond donors (Lipinski definition) is 0. The van der Waals surface area contributed by atoms with Crippen molar-refractivity contribution in [1.82, 2.24) is 4.90 Å². The highest BCUT2D eigenvalue weighted by Crippen LogP contribution is 2.29. The average Bonchev–Trinajstić information content (AvgIpc) is 2.85. The predicted octanol–water partition coefficient (Wildman–Crippen LogP) is 2.67. The largest absolute Gasteiger partial charge is 0.338 e. The van der Waals surface area contributed by atoms with Crippen LogP contribution < -0.4 is 9.88 Å². The number of fused-ring (bicyclic) bond motifs is 1. The van der Waals surface area contributed by atoms with Crippen LogP contribution in [0.4, 0.5) is 5.82 Å². The lowest BCUT2D eigenvalue weighted by molar-refractivity contribution is -0.330.